The van der Waals surface area contributed by atoms with E-state index in [1.807, 2.05) is 6.07 Å². The largest absolute Gasteiger partial charge is 0.445 e. The van der Waals surface area contributed by atoms with Gasteiger partial charge in [-0.05, 0) is 55.0 Å². The maximum absolute atomic E-state index is 13.1. The molecule has 4 rings (SSSR count). The number of nitrogens with zero attached hydrogens (tertiary/aromatic N) is 3. The van der Waals surface area contributed by atoms with Gasteiger partial charge in [-0.15, -0.1) is 0 Å². The van der Waals surface area contributed by atoms with Crippen LogP contribution in [0.4, 0.5) is 37.0 Å². The van der Waals surface area contributed by atoms with E-state index in [0.717, 1.165) is 25.1 Å². The highest BCUT2D eigenvalue weighted by Gasteiger charge is 2.37. The second-order valence-electron chi connectivity index (χ2n) is 11.2. The number of amides is 1. The molecule has 2 N–H and O–H groups in total. The predicted octanol–water partition coefficient (Wildman–Crippen LogP) is 6.04. The molecular weight excluding hydrogens is 528 g/mol. The average Bonchev–Trinajstić information content (AvgIpc) is 3.09. The van der Waals surface area contributed by atoms with Crippen LogP contribution in [0.1, 0.15) is 62.4 Å². The van der Waals surface area contributed by atoms with E-state index in [1.165, 1.54) is 4.90 Å². The van der Waals surface area contributed by atoms with Crippen LogP contribution in [0.2, 0.25) is 0 Å². The van der Waals surface area contributed by atoms with Gasteiger partial charge in [0.1, 0.15) is 12.4 Å². The van der Waals surface area contributed by atoms with Crippen molar-refractivity contribution in [1.29, 1.82) is 0 Å². The predicted molar refractivity (Wildman–Crippen MR) is 132 cm³/mol. The summed E-state index contributed by atoms with van der Waals surface area (Å²) in [7, 11) is 0. The van der Waals surface area contributed by atoms with Crippen molar-refractivity contribution in [3.8, 4) is 0 Å². The first kappa shape index (κ1) is 29.0. The number of anilines is 1. The number of aromatic nitrogens is 2. The van der Waals surface area contributed by atoms with E-state index in [1.54, 1.807) is 4.68 Å². The van der Waals surface area contributed by atoms with Crippen molar-refractivity contribution >= 4 is 11.9 Å². The molecule has 0 aliphatic carbocycles. The number of ether oxygens (including phenoxy) is 1. The number of rotatable bonds is 4. The second kappa shape index (κ2) is 10.9. The highest BCUT2D eigenvalue weighted by atomic mass is 19.4. The SMILES string of the molecule is CC(C)(C)C1CC(Nc2cc3n(n2)CCCN(C(=O)OCc2cc(C(F)(F)F)cc(C(F)(F)F)c2)C3)CCN1. The van der Waals surface area contributed by atoms with Gasteiger partial charge >= 0.3 is 18.4 Å². The Morgan fingerprint density at radius 1 is 1.05 bits per heavy atom. The fourth-order valence-electron chi connectivity index (χ4n) is 4.95. The average molecular weight is 562 g/mol. The Bertz CT molecular complexity index is 1140. The summed E-state index contributed by atoms with van der Waals surface area (Å²) in [5.74, 6) is 0.698. The van der Waals surface area contributed by atoms with Crippen molar-refractivity contribution < 1.29 is 35.9 Å². The van der Waals surface area contributed by atoms with Gasteiger partial charge in [-0.2, -0.15) is 31.4 Å². The molecule has 2 aromatic rings. The van der Waals surface area contributed by atoms with E-state index in [4.69, 9.17) is 4.74 Å². The molecule has 216 valence electrons. The fourth-order valence-corrected chi connectivity index (χ4v) is 4.95. The smallest absolute Gasteiger partial charge is 0.416 e. The van der Waals surface area contributed by atoms with E-state index in [9.17, 15) is 31.1 Å². The van der Waals surface area contributed by atoms with Gasteiger partial charge < -0.3 is 20.3 Å². The van der Waals surface area contributed by atoms with Crippen LogP contribution in [0.15, 0.2) is 24.3 Å². The number of fused-ring (bicyclic) bond motifs is 1. The maximum atomic E-state index is 13.1. The first-order chi connectivity index (χ1) is 18.1. The Labute approximate surface area is 222 Å². The normalized spacial score (nSPS) is 20.8. The van der Waals surface area contributed by atoms with E-state index in [2.05, 4.69) is 36.5 Å². The molecule has 1 aromatic heterocycles. The minimum atomic E-state index is -4.98. The Hall–Kier alpha value is -2.96. The summed E-state index contributed by atoms with van der Waals surface area (Å²) in [6.07, 6.45) is -8.33. The Balaban J connectivity index is 1.40. The van der Waals surface area contributed by atoms with Crippen molar-refractivity contribution in [2.45, 2.75) is 84.2 Å². The number of piperidine rings is 1. The molecule has 2 unspecified atom stereocenters. The number of halogens is 6. The number of alkyl halides is 6. The third kappa shape index (κ3) is 7.37. The molecule has 0 saturated carbocycles. The summed E-state index contributed by atoms with van der Waals surface area (Å²) >= 11 is 0. The summed E-state index contributed by atoms with van der Waals surface area (Å²) in [4.78, 5) is 14.1. The molecule has 1 saturated heterocycles. The van der Waals surface area contributed by atoms with Gasteiger partial charge in [0.25, 0.3) is 0 Å². The van der Waals surface area contributed by atoms with Gasteiger partial charge in [-0.25, -0.2) is 4.79 Å². The molecular formula is C26H33F6N5O2. The van der Waals surface area contributed by atoms with Gasteiger partial charge in [-0.3, -0.25) is 4.68 Å². The lowest BCUT2D eigenvalue weighted by Crippen LogP contribution is -2.49. The van der Waals surface area contributed by atoms with E-state index in [-0.39, 0.29) is 24.1 Å². The molecule has 7 nitrogen and oxygen atoms in total. The zero-order valence-electron chi connectivity index (χ0n) is 22.0. The van der Waals surface area contributed by atoms with Crippen molar-refractivity contribution in [2.75, 3.05) is 18.4 Å². The minimum absolute atomic E-state index is 0.0417. The highest BCUT2D eigenvalue weighted by Crippen LogP contribution is 2.36. The molecule has 0 spiro atoms. The number of nitrogens with one attached hydrogen (secondary N) is 2. The van der Waals surface area contributed by atoms with Crippen molar-refractivity contribution in [3.05, 3.63) is 46.6 Å². The lowest BCUT2D eigenvalue weighted by atomic mass is 9.80. The van der Waals surface area contributed by atoms with Crippen LogP contribution in [0.5, 0.6) is 0 Å². The van der Waals surface area contributed by atoms with Gasteiger partial charge in [-0.1, -0.05) is 20.8 Å². The summed E-state index contributed by atoms with van der Waals surface area (Å²) < 4.78 is 85.7. The Morgan fingerprint density at radius 3 is 2.33 bits per heavy atom. The van der Waals surface area contributed by atoms with Gasteiger partial charge in [0, 0.05) is 31.2 Å². The molecule has 1 fully saturated rings. The molecule has 0 bridgehead atoms. The quantitative estimate of drug-likeness (QED) is 0.446. The third-order valence-corrected chi connectivity index (χ3v) is 7.08. The van der Waals surface area contributed by atoms with Crippen LogP contribution in [-0.4, -0.2) is 45.9 Å². The van der Waals surface area contributed by atoms with E-state index in [0.29, 0.717) is 43.5 Å². The standard InChI is InChI=1S/C26H33F6N5O2/c1-24(2,3)21-12-19(5-6-33-21)34-22-13-20-14-36(7-4-8-37(20)35-22)23(38)39-15-16-9-17(25(27,28)29)11-18(10-16)26(30,31)32/h9-11,13,19,21,33H,4-8,12,14-15H2,1-3H3,(H,34,35). The van der Waals surface area contributed by atoms with E-state index < -0.39 is 41.7 Å². The number of aryl methyl sites for hydroxylation is 1. The van der Waals surface area contributed by atoms with Crippen molar-refractivity contribution in [2.24, 2.45) is 5.41 Å². The first-order valence-corrected chi connectivity index (χ1v) is 12.9. The number of carbonyl (C=O) groups excluding carboxylic acids is 1. The highest BCUT2D eigenvalue weighted by molar-refractivity contribution is 5.67. The van der Waals surface area contributed by atoms with Crippen LogP contribution < -0.4 is 10.6 Å². The first-order valence-electron chi connectivity index (χ1n) is 12.9. The summed E-state index contributed by atoms with van der Waals surface area (Å²) in [5.41, 5.74) is -2.43. The summed E-state index contributed by atoms with van der Waals surface area (Å²) in [5, 5.41) is 11.7. The Morgan fingerprint density at radius 2 is 1.72 bits per heavy atom. The zero-order chi connectivity index (χ0) is 28.6. The zero-order valence-corrected chi connectivity index (χ0v) is 22.0. The number of hydrogen-bond acceptors (Lipinski definition) is 5. The Kier molecular flexibility index (Phi) is 8.11. The second-order valence-corrected chi connectivity index (χ2v) is 11.2. The molecule has 0 radical (unpaired) electrons. The van der Waals surface area contributed by atoms with Gasteiger partial charge in [0.05, 0.1) is 23.4 Å². The molecule has 1 amide bonds. The maximum Gasteiger partial charge on any atom is 0.416 e. The lowest BCUT2D eigenvalue weighted by Gasteiger charge is -2.38. The summed E-state index contributed by atoms with van der Waals surface area (Å²) in [6.45, 7) is 7.78. The van der Waals surface area contributed by atoms with Gasteiger partial charge in [0.2, 0.25) is 0 Å². The van der Waals surface area contributed by atoms with Crippen LogP contribution in [0.25, 0.3) is 0 Å². The number of hydrogen-bond donors (Lipinski definition) is 2. The molecule has 2 aliphatic rings. The minimum Gasteiger partial charge on any atom is -0.445 e. The molecule has 13 heteroatoms. The third-order valence-electron chi connectivity index (χ3n) is 7.08. The number of benzene rings is 1. The topological polar surface area (TPSA) is 71.4 Å². The van der Waals surface area contributed by atoms with Crippen LogP contribution in [0.3, 0.4) is 0 Å². The molecule has 2 aliphatic heterocycles. The molecule has 2 atom stereocenters. The van der Waals surface area contributed by atoms with Crippen molar-refractivity contribution in [1.82, 2.24) is 20.0 Å². The molecule has 1 aromatic carbocycles. The fraction of sp³-hybridized carbons (Fsp3) is 0.615. The monoisotopic (exact) mass is 561 g/mol. The van der Waals surface area contributed by atoms with Crippen molar-refractivity contribution in [3.63, 3.8) is 0 Å². The molecule has 3 heterocycles. The molecule has 39 heavy (non-hydrogen) atoms. The summed E-state index contributed by atoms with van der Waals surface area (Å²) in [6, 6.07) is 3.62. The van der Waals surface area contributed by atoms with Crippen LogP contribution >= 0.6 is 0 Å². The number of carbonyl (C=O) groups is 1. The lowest BCUT2D eigenvalue weighted by molar-refractivity contribution is -0.143. The van der Waals surface area contributed by atoms with Crippen LogP contribution in [0, 0.1) is 5.41 Å². The van der Waals surface area contributed by atoms with Crippen LogP contribution in [-0.2, 0) is 36.8 Å². The van der Waals surface area contributed by atoms with E-state index >= 15 is 0 Å². The van der Waals surface area contributed by atoms with Gasteiger partial charge in [0.15, 0.2) is 0 Å².